The van der Waals surface area contributed by atoms with Crippen LogP contribution < -0.4 is 11.5 Å². The average Bonchev–Trinajstić information content (AvgIpc) is 2.88. The molecule has 5 heteroatoms. The van der Waals surface area contributed by atoms with Crippen LogP contribution in [-0.2, 0) is 0 Å². The molecular formula is C30H29Cl2FN2. The maximum atomic E-state index is 14.1. The van der Waals surface area contributed by atoms with Gasteiger partial charge in [-0.1, -0.05) is 102 Å². The summed E-state index contributed by atoms with van der Waals surface area (Å²) < 4.78 is 14.1. The Morgan fingerprint density at radius 3 is 1.89 bits per heavy atom. The molecule has 0 spiro atoms. The van der Waals surface area contributed by atoms with Crippen molar-refractivity contribution in [1.82, 2.24) is 0 Å². The topological polar surface area (TPSA) is 52.0 Å². The van der Waals surface area contributed by atoms with Gasteiger partial charge < -0.3 is 11.5 Å². The van der Waals surface area contributed by atoms with E-state index in [0.717, 1.165) is 35.1 Å². The number of nitrogens with two attached hydrogens (primary N) is 2. The van der Waals surface area contributed by atoms with E-state index in [1.54, 1.807) is 12.1 Å². The summed E-state index contributed by atoms with van der Waals surface area (Å²) in [6.07, 6.45) is 1.46. The summed E-state index contributed by atoms with van der Waals surface area (Å²) in [4.78, 5) is 0. The molecule has 180 valence electrons. The largest absolute Gasteiger partial charge is 0.324 e. The normalized spacial score (nSPS) is 14.8. The lowest BCUT2D eigenvalue weighted by Gasteiger charge is -2.34. The third-order valence-corrected chi connectivity index (χ3v) is 7.15. The Bertz CT molecular complexity index is 1230. The maximum absolute atomic E-state index is 14.1. The van der Waals surface area contributed by atoms with E-state index < -0.39 is 5.82 Å². The van der Waals surface area contributed by atoms with Crippen LogP contribution in [0.4, 0.5) is 4.39 Å². The van der Waals surface area contributed by atoms with Crippen LogP contribution in [-0.4, -0.2) is 0 Å². The molecule has 0 radical (unpaired) electrons. The molecule has 4 aromatic rings. The van der Waals surface area contributed by atoms with Crippen LogP contribution in [0.5, 0.6) is 0 Å². The Balaban J connectivity index is 1.77. The van der Waals surface area contributed by atoms with Gasteiger partial charge in [0, 0.05) is 23.0 Å². The van der Waals surface area contributed by atoms with E-state index in [9.17, 15) is 4.39 Å². The van der Waals surface area contributed by atoms with E-state index in [4.69, 9.17) is 34.7 Å². The van der Waals surface area contributed by atoms with E-state index >= 15 is 0 Å². The highest BCUT2D eigenvalue weighted by Crippen LogP contribution is 2.45. The quantitative estimate of drug-likeness (QED) is 0.240. The van der Waals surface area contributed by atoms with Gasteiger partial charge in [-0.05, 0) is 65.3 Å². The number of hydrogen-bond donors (Lipinski definition) is 2. The van der Waals surface area contributed by atoms with E-state index in [2.05, 4.69) is 6.07 Å². The van der Waals surface area contributed by atoms with Gasteiger partial charge in [0.25, 0.3) is 0 Å². The van der Waals surface area contributed by atoms with Crippen molar-refractivity contribution in [2.75, 3.05) is 0 Å². The Hall–Kier alpha value is -2.69. The molecule has 0 aliphatic rings. The molecule has 4 N–H and O–H groups in total. The molecule has 4 aromatic carbocycles. The molecule has 0 bridgehead atoms. The molecule has 4 atom stereocenters. The van der Waals surface area contributed by atoms with Gasteiger partial charge in [0.15, 0.2) is 0 Å². The highest BCUT2D eigenvalue weighted by atomic mass is 35.5. The van der Waals surface area contributed by atoms with E-state index in [1.165, 1.54) is 6.07 Å². The highest BCUT2D eigenvalue weighted by Gasteiger charge is 2.32. The molecule has 0 aliphatic heterocycles. The van der Waals surface area contributed by atoms with E-state index in [1.807, 2.05) is 78.9 Å². The smallest absolute Gasteiger partial charge is 0.141 e. The monoisotopic (exact) mass is 506 g/mol. The molecule has 0 fully saturated rings. The van der Waals surface area contributed by atoms with Crippen LogP contribution in [0.1, 0.15) is 59.0 Å². The summed E-state index contributed by atoms with van der Waals surface area (Å²) in [7, 11) is 0. The van der Waals surface area contributed by atoms with Crippen molar-refractivity contribution in [2.45, 2.75) is 36.8 Å². The van der Waals surface area contributed by atoms with Crippen LogP contribution in [0.3, 0.4) is 0 Å². The van der Waals surface area contributed by atoms with Gasteiger partial charge in [-0.3, -0.25) is 0 Å². The fourth-order valence-corrected chi connectivity index (χ4v) is 5.20. The van der Waals surface area contributed by atoms with Crippen LogP contribution in [0.25, 0.3) is 0 Å². The van der Waals surface area contributed by atoms with Crippen LogP contribution in [0.15, 0.2) is 103 Å². The molecule has 0 aliphatic carbocycles. The second-order valence-corrected chi connectivity index (χ2v) is 9.74. The lowest BCUT2D eigenvalue weighted by Crippen LogP contribution is -2.26. The highest BCUT2D eigenvalue weighted by molar-refractivity contribution is 6.31. The van der Waals surface area contributed by atoms with Gasteiger partial charge in [-0.25, -0.2) is 4.39 Å². The summed E-state index contributed by atoms with van der Waals surface area (Å²) in [6, 6.07) is 32.3. The maximum Gasteiger partial charge on any atom is 0.141 e. The minimum Gasteiger partial charge on any atom is -0.324 e. The van der Waals surface area contributed by atoms with Crippen LogP contribution in [0, 0.1) is 5.82 Å². The molecule has 4 unspecified atom stereocenters. The number of halogens is 3. The zero-order valence-corrected chi connectivity index (χ0v) is 20.8. The summed E-state index contributed by atoms with van der Waals surface area (Å²) in [6.45, 7) is 0. The van der Waals surface area contributed by atoms with Crippen LogP contribution >= 0.6 is 23.2 Å². The zero-order chi connectivity index (χ0) is 24.8. The summed E-state index contributed by atoms with van der Waals surface area (Å²) in [5.74, 6) is -0.654. The van der Waals surface area contributed by atoms with Gasteiger partial charge >= 0.3 is 0 Å². The summed E-state index contributed by atoms with van der Waals surface area (Å²) in [5, 5.41) is 0.739. The first-order valence-corrected chi connectivity index (χ1v) is 12.5. The van der Waals surface area contributed by atoms with E-state index in [-0.39, 0.29) is 28.9 Å². The van der Waals surface area contributed by atoms with Crippen molar-refractivity contribution in [3.63, 3.8) is 0 Å². The predicted octanol–water partition coefficient (Wildman–Crippen LogP) is 8.18. The van der Waals surface area contributed by atoms with Crippen molar-refractivity contribution >= 4 is 23.2 Å². The van der Waals surface area contributed by atoms with Crippen molar-refractivity contribution < 1.29 is 4.39 Å². The zero-order valence-electron chi connectivity index (χ0n) is 19.3. The minimum absolute atomic E-state index is 0.0727. The fourth-order valence-electron chi connectivity index (χ4n) is 4.81. The molecule has 4 rings (SSSR count). The standard InChI is InChI=1S/C30H29Cl2FN2/c31-24-13-7-12-23(18-24)29(30(35)21-10-5-2-6-11-21)25(22-14-16-27(33)26(32)19-22)15-17-28(34)20-8-3-1-4-9-20/h1-14,16,18-19,25,28-30H,15,17,34-35H2. The molecule has 2 nitrogen and oxygen atoms in total. The van der Waals surface area contributed by atoms with E-state index in [0.29, 0.717) is 5.02 Å². The SMILES string of the molecule is NC(CCC(c1ccc(F)c(Cl)c1)C(c1cccc(Cl)c1)C(N)c1ccccc1)c1ccccc1. The first-order valence-electron chi connectivity index (χ1n) is 11.8. The van der Waals surface area contributed by atoms with Gasteiger partial charge in [0.05, 0.1) is 5.02 Å². The molecule has 35 heavy (non-hydrogen) atoms. The summed E-state index contributed by atoms with van der Waals surface area (Å²) >= 11 is 12.6. The molecule has 0 heterocycles. The molecule has 0 amide bonds. The van der Waals surface area contributed by atoms with Crippen molar-refractivity contribution in [3.8, 4) is 0 Å². The lowest BCUT2D eigenvalue weighted by atomic mass is 9.73. The second kappa shape index (κ2) is 11.8. The molecule has 0 saturated carbocycles. The second-order valence-electron chi connectivity index (χ2n) is 8.89. The van der Waals surface area contributed by atoms with Crippen LogP contribution in [0.2, 0.25) is 10.0 Å². The average molecular weight is 507 g/mol. The first kappa shape index (κ1) is 25.4. The lowest BCUT2D eigenvalue weighted by molar-refractivity contribution is 0.414. The van der Waals surface area contributed by atoms with Crippen molar-refractivity contribution in [3.05, 3.63) is 141 Å². The Morgan fingerprint density at radius 2 is 1.26 bits per heavy atom. The molecular weight excluding hydrogens is 478 g/mol. The Kier molecular flexibility index (Phi) is 8.59. The summed E-state index contributed by atoms with van der Waals surface area (Å²) in [5.41, 5.74) is 17.6. The Labute approximate surface area is 216 Å². The fraction of sp³-hybridized carbons (Fsp3) is 0.200. The van der Waals surface area contributed by atoms with Gasteiger partial charge in [-0.15, -0.1) is 0 Å². The van der Waals surface area contributed by atoms with Gasteiger partial charge in [0.1, 0.15) is 5.82 Å². The van der Waals surface area contributed by atoms with Crippen molar-refractivity contribution in [2.24, 2.45) is 11.5 Å². The van der Waals surface area contributed by atoms with Gasteiger partial charge in [-0.2, -0.15) is 0 Å². The molecule has 0 saturated heterocycles. The predicted molar refractivity (Wildman–Crippen MR) is 144 cm³/mol. The number of rotatable bonds is 9. The first-order chi connectivity index (χ1) is 16.9. The third-order valence-electron chi connectivity index (χ3n) is 6.63. The number of hydrogen-bond acceptors (Lipinski definition) is 2. The minimum atomic E-state index is -0.443. The number of benzene rings is 4. The third kappa shape index (κ3) is 6.31. The van der Waals surface area contributed by atoms with Gasteiger partial charge in [0.2, 0.25) is 0 Å². The molecule has 0 aromatic heterocycles. The van der Waals surface area contributed by atoms with Crippen molar-refractivity contribution in [1.29, 1.82) is 0 Å². The Morgan fingerprint density at radius 1 is 0.629 bits per heavy atom.